The van der Waals surface area contributed by atoms with Crippen molar-refractivity contribution in [2.75, 3.05) is 13.1 Å². The molecule has 26 heavy (non-hydrogen) atoms. The largest absolute Gasteiger partial charge is 0.480 e. The fraction of sp³-hybridized carbons (Fsp3) is 0.556. The van der Waals surface area contributed by atoms with Crippen LogP contribution in [0, 0.1) is 12.8 Å². The van der Waals surface area contributed by atoms with Gasteiger partial charge in [0.25, 0.3) is 5.91 Å². The molecule has 1 aromatic rings. The third kappa shape index (κ3) is 4.82. The number of benzene rings is 1. The quantitative estimate of drug-likeness (QED) is 0.680. The Hall–Kier alpha value is -1.93. The maximum absolute atomic E-state index is 12.8. The van der Waals surface area contributed by atoms with Crippen molar-refractivity contribution in [3.63, 3.8) is 0 Å². The number of amides is 1. The van der Waals surface area contributed by atoms with Gasteiger partial charge in [0.1, 0.15) is 6.04 Å². The molecule has 0 heterocycles. The van der Waals surface area contributed by atoms with Crippen molar-refractivity contribution in [1.82, 2.24) is 9.62 Å². The lowest BCUT2D eigenvalue weighted by Crippen LogP contribution is -2.45. The summed E-state index contributed by atoms with van der Waals surface area (Å²) in [6, 6.07) is 3.34. The van der Waals surface area contributed by atoms with E-state index in [2.05, 4.69) is 5.32 Å². The Balaban J connectivity index is 3.24. The van der Waals surface area contributed by atoms with Crippen LogP contribution in [0.15, 0.2) is 23.1 Å². The number of hydrogen-bond donors (Lipinski definition) is 2. The number of aryl methyl sites for hydroxylation is 1. The summed E-state index contributed by atoms with van der Waals surface area (Å²) < 4.78 is 26.9. The second kappa shape index (κ2) is 9.14. The summed E-state index contributed by atoms with van der Waals surface area (Å²) in [6.45, 7) is 9.38. The number of carbonyl (C=O) groups excluding carboxylic acids is 1. The predicted molar refractivity (Wildman–Crippen MR) is 99.6 cm³/mol. The average molecular weight is 384 g/mol. The van der Waals surface area contributed by atoms with Crippen LogP contribution in [0.3, 0.4) is 0 Å². The minimum Gasteiger partial charge on any atom is -0.480 e. The van der Waals surface area contributed by atoms with Crippen molar-refractivity contribution >= 4 is 21.9 Å². The maximum atomic E-state index is 12.8. The standard InChI is InChI=1S/C18H28N2O5S/c1-6-12(4)16(18(22)23)19-17(21)14-10-9-13(5)15(11-14)26(24,25)20(7-2)8-3/h9-12,16H,6-8H2,1-5H3,(H,19,21)(H,22,23)/t12-,16-/m0/s1. The lowest BCUT2D eigenvalue weighted by atomic mass is 9.99. The van der Waals surface area contributed by atoms with E-state index in [0.717, 1.165) is 0 Å². The smallest absolute Gasteiger partial charge is 0.326 e. The molecule has 1 amide bonds. The Kier molecular flexibility index (Phi) is 7.77. The highest BCUT2D eigenvalue weighted by atomic mass is 32.2. The van der Waals surface area contributed by atoms with Gasteiger partial charge in [-0.1, -0.05) is 40.2 Å². The first kappa shape index (κ1) is 22.1. The maximum Gasteiger partial charge on any atom is 0.326 e. The number of carboxylic acid groups (broad SMARTS) is 1. The van der Waals surface area contributed by atoms with Crippen LogP contribution in [0.25, 0.3) is 0 Å². The van der Waals surface area contributed by atoms with Crippen LogP contribution in [-0.4, -0.2) is 48.8 Å². The van der Waals surface area contributed by atoms with Crippen LogP contribution < -0.4 is 5.32 Å². The van der Waals surface area contributed by atoms with Gasteiger partial charge in [0.2, 0.25) is 10.0 Å². The summed E-state index contributed by atoms with van der Waals surface area (Å²) in [5.74, 6) is -1.97. The first-order chi connectivity index (χ1) is 12.1. The molecule has 0 unspecified atom stereocenters. The van der Waals surface area contributed by atoms with Gasteiger partial charge in [-0.05, 0) is 30.5 Å². The van der Waals surface area contributed by atoms with E-state index in [1.54, 1.807) is 33.8 Å². The molecule has 1 aromatic carbocycles. The zero-order valence-corrected chi connectivity index (χ0v) is 16.8. The van der Waals surface area contributed by atoms with Gasteiger partial charge in [-0.2, -0.15) is 4.31 Å². The number of hydrogen-bond acceptors (Lipinski definition) is 4. The first-order valence-corrected chi connectivity index (χ1v) is 10.2. The molecular weight excluding hydrogens is 356 g/mol. The molecule has 0 aliphatic carbocycles. The van der Waals surface area contributed by atoms with Crippen LogP contribution >= 0.6 is 0 Å². The number of aliphatic carboxylic acids is 1. The monoisotopic (exact) mass is 384 g/mol. The van der Waals surface area contributed by atoms with Crippen molar-refractivity contribution in [3.05, 3.63) is 29.3 Å². The summed E-state index contributed by atoms with van der Waals surface area (Å²) >= 11 is 0. The van der Waals surface area contributed by atoms with Gasteiger partial charge in [0.05, 0.1) is 4.90 Å². The van der Waals surface area contributed by atoms with Gasteiger partial charge in [-0.15, -0.1) is 0 Å². The predicted octanol–water partition coefficient (Wildman–Crippen LogP) is 2.25. The van der Waals surface area contributed by atoms with Gasteiger partial charge in [-0.3, -0.25) is 4.79 Å². The van der Waals surface area contributed by atoms with E-state index < -0.39 is 27.9 Å². The Labute approximate surface area is 155 Å². The van der Waals surface area contributed by atoms with E-state index >= 15 is 0 Å². The Morgan fingerprint density at radius 1 is 1.19 bits per heavy atom. The number of nitrogens with zero attached hydrogens (tertiary/aromatic N) is 1. The van der Waals surface area contributed by atoms with Crippen molar-refractivity contribution in [1.29, 1.82) is 0 Å². The Morgan fingerprint density at radius 3 is 2.23 bits per heavy atom. The second-order valence-electron chi connectivity index (χ2n) is 6.24. The zero-order valence-electron chi connectivity index (χ0n) is 15.9. The van der Waals surface area contributed by atoms with Crippen LogP contribution in [0.5, 0.6) is 0 Å². The number of sulfonamides is 1. The van der Waals surface area contributed by atoms with Crippen LogP contribution in [0.2, 0.25) is 0 Å². The van der Waals surface area contributed by atoms with E-state index in [-0.39, 0.29) is 16.4 Å². The normalized spacial score (nSPS) is 14.1. The van der Waals surface area contributed by atoms with Crippen molar-refractivity contribution in [2.45, 2.75) is 52.0 Å². The van der Waals surface area contributed by atoms with Crippen molar-refractivity contribution in [3.8, 4) is 0 Å². The van der Waals surface area contributed by atoms with E-state index in [0.29, 0.717) is 25.1 Å². The Morgan fingerprint density at radius 2 is 1.77 bits per heavy atom. The summed E-state index contributed by atoms with van der Waals surface area (Å²) in [7, 11) is -3.72. The van der Waals surface area contributed by atoms with Gasteiger partial charge in [-0.25, -0.2) is 13.2 Å². The summed E-state index contributed by atoms with van der Waals surface area (Å²) in [5.41, 5.74) is 0.654. The topological polar surface area (TPSA) is 104 Å². The molecule has 0 saturated carbocycles. The van der Waals surface area contributed by atoms with Crippen LogP contribution in [0.4, 0.5) is 0 Å². The molecule has 0 aliphatic heterocycles. The lowest BCUT2D eigenvalue weighted by molar-refractivity contribution is -0.140. The van der Waals surface area contributed by atoms with Crippen LogP contribution in [0.1, 0.15) is 50.0 Å². The van der Waals surface area contributed by atoms with Gasteiger partial charge >= 0.3 is 5.97 Å². The van der Waals surface area contributed by atoms with E-state index in [1.165, 1.54) is 16.4 Å². The third-order valence-corrected chi connectivity index (χ3v) is 6.73. The van der Waals surface area contributed by atoms with E-state index in [4.69, 9.17) is 0 Å². The average Bonchev–Trinajstić information content (AvgIpc) is 2.59. The molecule has 1 rings (SSSR count). The highest BCUT2D eigenvalue weighted by molar-refractivity contribution is 7.89. The molecule has 8 heteroatoms. The van der Waals surface area contributed by atoms with Gasteiger partial charge < -0.3 is 10.4 Å². The number of carbonyl (C=O) groups is 2. The molecule has 0 saturated heterocycles. The van der Waals surface area contributed by atoms with E-state index in [9.17, 15) is 23.1 Å². The molecule has 0 aromatic heterocycles. The lowest BCUT2D eigenvalue weighted by Gasteiger charge is -2.22. The molecule has 0 radical (unpaired) electrons. The van der Waals surface area contributed by atoms with Gasteiger partial charge in [0.15, 0.2) is 0 Å². The fourth-order valence-corrected chi connectivity index (χ4v) is 4.34. The molecule has 7 nitrogen and oxygen atoms in total. The number of carboxylic acids is 1. The van der Waals surface area contributed by atoms with Crippen molar-refractivity contribution in [2.24, 2.45) is 5.92 Å². The molecule has 146 valence electrons. The molecule has 0 aliphatic rings. The first-order valence-electron chi connectivity index (χ1n) is 8.74. The summed E-state index contributed by atoms with van der Waals surface area (Å²) in [4.78, 5) is 24.0. The fourth-order valence-electron chi connectivity index (χ4n) is 2.63. The minimum absolute atomic E-state index is 0.0595. The number of rotatable bonds is 9. The van der Waals surface area contributed by atoms with Crippen molar-refractivity contribution < 1.29 is 23.1 Å². The van der Waals surface area contributed by atoms with Gasteiger partial charge in [0, 0.05) is 18.7 Å². The molecule has 0 bridgehead atoms. The summed E-state index contributed by atoms with van der Waals surface area (Å²) in [6.07, 6.45) is 0.590. The van der Waals surface area contributed by atoms with E-state index in [1.807, 2.05) is 6.92 Å². The number of nitrogens with one attached hydrogen (secondary N) is 1. The SMILES string of the molecule is CC[C@H](C)[C@H](NC(=O)c1ccc(C)c(S(=O)(=O)N(CC)CC)c1)C(=O)O. The highest BCUT2D eigenvalue weighted by Crippen LogP contribution is 2.21. The molecule has 0 fully saturated rings. The molecular formula is C18H28N2O5S. The summed E-state index contributed by atoms with van der Waals surface area (Å²) in [5, 5.41) is 11.8. The van der Waals surface area contributed by atoms with Crippen LogP contribution in [-0.2, 0) is 14.8 Å². The highest BCUT2D eigenvalue weighted by Gasteiger charge is 2.28. The molecule has 2 N–H and O–H groups in total. The minimum atomic E-state index is -3.72. The molecule has 0 spiro atoms. The molecule has 2 atom stereocenters. The second-order valence-corrected chi connectivity index (χ2v) is 8.15. The zero-order chi connectivity index (χ0) is 20.1. The Bertz CT molecular complexity index is 757. The third-order valence-electron chi connectivity index (χ3n) is 4.54.